The van der Waals surface area contributed by atoms with Gasteiger partial charge in [-0.1, -0.05) is 6.07 Å². The minimum atomic E-state index is -4.25. The number of hydrogen-bond acceptors (Lipinski definition) is 2. The number of aromatic nitrogens is 1. The highest BCUT2D eigenvalue weighted by atomic mass is 19.4. The maximum Gasteiger partial charge on any atom is 0.394 e. The third-order valence-electron chi connectivity index (χ3n) is 1.41. The van der Waals surface area contributed by atoms with Crippen LogP contribution in [0, 0.1) is 0 Å². The van der Waals surface area contributed by atoms with Crippen LogP contribution in [0.2, 0.25) is 0 Å². The largest absolute Gasteiger partial charge is 0.394 e. The second-order valence-corrected chi connectivity index (χ2v) is 2.57. The molecule has 0 atom stereocenters. The molecule has 0 aromatic carbocycles. The van der Waals surface area contributed by atoms with E-state index in [1.54, 1.807) is 0 Å². The number of pyridine rings is 1. The zero-order valence-electron chi connectivity index (χ0n) is 6.67. The van der Waals surface area contributed by atoms with E-state index in [-0.39, 0.29) is 18.0 Å². The van der Waals surface area contributed by atoms with Crippen LogP contribution in [-0.4, -0.2) is 16.3 Å². The zero-order chi connectivity index (χ0) is 9.90. The van der Waals surface area contributed by atoms with E-state index in [0.717, 1.165) is 0 Å². The molecule has 13 heavy (non-hydrogen) atoms. The summed E-state index contributed by atoms with van der Waals surface area (Å²) in [5, 5.41) is 8.62. The van der Waals surface area contributed by atoms with Crippen molar-refractivity contribution in [2.75, 3.05) is 0 Å². The van der Waals surface area contributed by atoms with Crippen LogP contribution in [0.25, 0.3) is 0 Å². The Hall–Kier alpha value is -1.10. The minimum absolute atomic E-state index is 0.0703. The van der Waals surface area contributed by atoms with Gasteiger partial charge in [0, 0.05) is 5.69 Å². The molecule has 0 fully saturated rings. The number of aliphatic hydroxyl groups is 1. The van der Waals surface area contributed by atoms with Gasteiger partial charge in [0.05, 0.1) is 18.7 Å². The van der Waals surface area contributed by atoms with Crippen molar-refractivity contribution in [1.29, 1.82) is 0 Å². The number of alkyl halides is 3. The van der Waals surface area contributed by atoms with Gasteiger partial charge in [-0.05, 0) is 12.1 Å². The van der Waals surface area contributed by atoms with Crippen LogP contribution in [0.4, 0.5) is 13.2 Å². The van der Waals surface area contributed by atoms with Crippen molar-refractivity contribution in [3.05, 3.63) is 29.6 Å². The summed E-state index contributed by atoms with van der Waals surface area (Å²) in [5.74, 6) is 0. The van der Waals surface area contributed by atoms with Crippen LogP contribution >= 0.6 is 0 Å². The van der Waals surface area contributed by atoms with Crippen LogP contribution in [0.3, 0.4) is 0 Å². The molecular weight excluding hydrogens is 183 g/mol. The van der Waals surface area contributed by atoms with Crippen LogP contribution in [0.5, 0.6) is 0 Å². The molecule has 0 saturated heterocycles. The summed E-state index contributed by atoms with van der Waals surface area (Å²) in [6.07, 6.45) is -5.30. The molecule has 0 aliphatic heterocycles. The molecule has 0 bridgehead atoms. The molecule has 1 N–H and O–H groups in total. The molecule has 0 saturated carbocycles. The van der Waals surface area contributed by atoms with Crippen molar-refractivity contribution in [3.63, 3.8) is 0 Å². The van der Waals surface area contributed by atoms with Gasteiger partial charge in [-0.15, -0.1) is 0 Å². The lowest BCUT2D eigenvalue weighted by Gasteiger charge is -2.05. The third kappa shape index (κ3) is 3.42. The number of nitrogens with zero attached hydrogens (tertiary/aromatic N) is 1. The van der Waals surface area contributed by atoms with Gasteiger partial charge in [0.15, 0.2) is 0 Å². The van der Waals surface area contributed by atoms with Gasteiger partial charge < -0.3 is 5.11 Å². The average Bonchev–Trinajstić information content (AvgIpc) is 2.01. The molecule has 72 valence electrons. The smallest absolute Gasteiger partial charge is 0.390 e. The van der Waals surface area contributed by atoms with Crippen LogP contribution < -0.4 is 0 Å². The Morgan fingerprint density at radius 3 is 2.38 bits per heavy atom. The van der Waals surface area contributed by atoms with Gasteiger partial charge in [-0.2, -0.15) is 13.2 Å². The van der Waals surface area contributed by atoms with E-state index in [4.69, 9.17) is 5.11 Å². The lowest BCUT2D eigenvalue weighted by molar-refractivity contribution is -0.127. The first kappa shape index (κ1) is 9.98. The summed E-state index contributed by atoms with van der Waals surface area (Å²) < 4.78 is 35.6. The fourth-order valence-corrected chi connectivity index (χ4v) is 0.921. The summed E-state index contributed by atoms with van der Waals surface area (Å²) in [6.45, 7) is -0.342. The topological polar surface area (TPSA) is 33.1 Å². The van der Waals surface area contributed by atoms with Gasteiger partial charge >= 0.3 is 6.18 Å². The molecule has 1 rings (SSSR count). The molecule has 1 aromatic heterocycles. The summed E-state index contributed by atoms with van der Waals surface area (Å²) in [7, 11) is 0. The van der Waals surface area contributed by atoms with Crippen LogP contribution in [0.1, 0.15) is 11.4 Å². The maximum atomic E-state index is 11.9. The normalized spacial score (nSPS) is 11.7. The molecule has 2 nitrogen and oxygen atoms in total. The van der Waals surface area contributed by atoms with E-state index in [2.05, 4.69) is 4.98 Å². The average molecular weight is 191 g/mol. The number of hydrogen-bond donors (Lipinski definition) is 1. The summed E-state index contributed by atoms with van der Waals surface area (Å²) in [6, 6.07) is 4.20. The van der Waals surface area contributed by atoms with E-state index in [1.165, 1.54) is 18.2 Å². The Morgan fingerprint density at radius 2 is 1.85 bits per heavy atom. The summed E-state index contributed by atoms with van der Waals surface area (Å²) >= 11 is 0. The molecule has 0 spiro atoms. The second kappa shape index (κ2) is 3.74. The molecule has 0 radical (unpaired) electrons. The first-order valence-electron chi connectivity index (χ1n) is 3.64. The Kier molecular flexibility index (Phi) is 2.87. The SMILES string of the molecule is OCc1cccc(CC(F)(F)F)n1. The van der Waals surface area contributed by atoms with E-state index >= 15 is 0 Å². The molecule has 0 aliphatic rings. The fourth-order valence-electron chi connectivity index (χ4n) is 0.921. The molecule has 1 aromatic rings. The van der Waals surface area contributed by atoms with Crippen molar-refractivity contribution in [3.8, 4) is 0 Å². The quantitative estimate of drug-likeness (QED) is 0.771. The Morgan fingerprint density at radius 1 is 1.23 bits per heavy atom. The fraction of sp³-hybridized carbons (Fsp3) is 0.375. The minimum Gasteiger partial charge on any atom is -0.390 e. The second-order valence-electron chi connectivity index (χ2n) is 2.57. The van der Waals surface area contributed by atoms with Crippen molar-refractivity contribution in [2.45, 2.75) is 19.2 Å². The Balaban J connectivity index is 2.78. The van der Waals surface area contributed by atoms with Gasteiger partial charge in [0.2, 0.25) is 0 Å². The predicted octanol–water partition coefficient (Wildman–Crippen LogP) is 1.68. The number of rotatable bonds is 2. The van der Waals surface area contributed by atoms with E-state index in [0.29, 0.717) is 0 Å². The molecule has 0 amide bonds. The van der Waals surface area contributed by atoms with E-state index < -0.39 is 12.6 Å². The monoisotopic (exact) mass is 191 g/mol. The summed E-state index contributed by atoms with van der Waals surface area (Å²) in [4.78, 5) is 3.61. The van der Waals surface area contributed by atoms with Gasteiger partial charge in [0.25, 0.3) is 0 Å². The van der Waals surface area contributed by atoms with Gasteiger partial charge in [0.1, 0.15) is 0 Å². The predicted molar refractivity (Wildman–Crippen MR) is 39.9 cm³/mol. The van der Waals surface area contributed by atoms with Crippen molar-refractivity contribution >= 4 is 0 Å². The molecule has 1 heterocycles. The number of halogens is 3. The van der Waals surface area contributed by atoms with Crippen molar-refractivity contribution in [2.24, 2.45) is 0 Å². The lowest BCUT2D eigenvalue weighted by atomic mass is 10.2. The first-order chi connectivity index (χ1) is 6.01. The van der Waals surface area contributed by atoms with E-state index in [1.807, 2.05) is 0 Å². The molecule has 5 heteroatoms. The Bertz CT molecular complexity index is 285. The first-order valence-corrected chi connectivity index (χ1v) is 3.64. The standard InChI is InChI=1S/C8H8F3NO/c9-8(10,11)4-6-2-1-3-7(5-13)12-6/h1-3,13H,4-5H2. The highest BCUT2D eigenvalue weighted by Crippen LogP contribution is 2.19. The van der Waals surface area contributed by atoms with Gasteiger partial charge in [-0.3, -0.25) is 4.98 Å². The van der Waals surface area contributed by atoms with E-state index in [9.17, 15) is 13.2 Å². The Labute approximate surface area is 73.0 Å². The highest BCUT2D eigenvalue weighted by molar-refractivity contribution is 5.11. The molecule has 0 aliphatic carbocycles. The van der Waals surface area contributed by atoms with Crippen molar-refractivity contribution in [1.82, 2.24) is 4.98 Å². The van der Waals surface area contributed by atoms with Crippen molar-refractivity contribution < 1.29 is 18.3 Å². The zero-order valence-corrected chi connectivity index (χ0v) is 6.67. The third-order valence-corrected chi connectivity index (χ3v) is 1.41. The highest BCUT2D eigenvalue weighted by Gasteiger charge is 2.28. The molecule has 0 unspecified atom stereocenters. The van der Waals surface area contributed by atoms with Crippen LogP contribution in [0.15, 0.2) is 18.2 Å². The lowest BCUT2D eigenvalue weighted by Crippen LogP contribution is -2.13. The molecular formula is C8H8F3NO. The van der Waals surface area contributed by atoms with Gasteiger partial charge in [-0.25, -0.2) is 0 Å². The van der Waals surface area contributed by atoms with Crippen LogP contribution in [-0.2, 0) is 13.0 Å². The number of aliphatic hydroxyl groups excluding tert-OH is 1. The summed E-state index contributed by atoms with van der Waals surface area (Å²) in [5.41, 5.74) is 0.181. The maximum absolute atomic E-state index is 11.9.